The van der Waals surface area contributed by atoms with Crippen molar-refractivity contribution in [1.82, 2.24) is 14.8 Å². The number of carbonyl (C=O) groups is 1. The lowest BCUT2D eigenvalue weighted by molar-refractivity contribution is -0.146. The lowest BCUT2D eigenvalue weighted by Crippen LogP contribution is -2.17. The molecule has 0 aliphatic carbocycles. The number of hydrogen-bond donors (Lipinski definition) is 0. The fourth-order valence-electron chi connectivity index (χ4n) is 4.10. The molecule has 0 amide bonds. The van der Waals surface area contributed by atoms with E-state index in [0.29, 0.717) is 16.2 Å². The van der Waals surface area contributed by atoms with E-state index in [2.05, 4.69) is 10.2 Å². The van der Waals surface area contributed by atoms with Gasteiger partial charge in [-0.1, -0.05) is 12.1 Å². The van der Waals surface area contributed by atoms with Crippen LogP contribution in [0, 0.1) is 0 Å². The summed E-state index contributed by atoms with van der Waals surface area (Å²) in [7, 11) is 3.81. The number of ether oxygens (including phenoxy) is 3. The summed E-state index contributed by atoms with van der Waals surface area (Å²) in [6.45, 7) is 0. The summed E-state index contributed by atoms with van der Waals surface area (Å²) in [6, 6.07) is 7.13. The highest BCUT2D eigenvalue weighted by Crippen LogP contribution is 2.54. The van der Waals surface area contributed by atoms with Crippen LogP contribution in [0.25, 0.3) is 5.69 Å². The highest BCUT2D eigenvalue weighted by Gasteiger charge is 2.44. The molecule has 0 N–H and O–H groups in total. The van der Waals surface area contributed by atoms with Gasteiger partial charge in [0, 0.05) is 5.56 Å². The normalized spacial score (nSPS) is 17.4. The van der Waals surface area contributed by atoms with Gasteiger partial charge < -0.3 is 14.2 Å². The van der Waals surface area contributed by atoms with Gasteiger partial charge in [0.25, 0.3) is 0 Å². The molecule has 0 bridgehead atoms. The molecule has 0 radical (unpaired) electrons. The van der Waals surface area contributed by atoms with E-state index >= 15 is 0 Å². The fourth-order valence-corrected chi connectivity index (χ4v) is 5.60. The van der Waals surface area contributed by atoms with E-state index in [0.717, 1.165) is 31.0 Å². The zero-order chi connectivity index (χ0) is 27.1. The fraction of sp³-hybridized carbons (Fsp3) is 0.348. The average Bonchev–Trinajstić information content (AvgIpc) is 3.26. The van der Waals surface area contributed by atoms with Gasteiger partial charge in [0.15, 0.2) is 17.3 Å². The summed E-state index contributed by atoms with van der Waals surface area (Å²) in [5.74, 6) is -2.00. The maximum absolute atomic E-state index is 14.0. The Kier molecular flexibility index (Phi) is 7.06. The number of thioether (sulfide) groups is 1. The van der Waals surface area contributed by atoms with Crippen molar-refractivity contribution in [2.45, 2.75) is 29.3 Å². The Hall–Kier alpha value is -3.42. The first-order valence-electron chi connectivity index (χ1n) is 10.6. The molecule has 2 aromatic carbocycles. The molecule has 2 atom stereocenters. The minimum absolute atomic E-state index is 0.106. The van der Waals surface area contributed by atoms with Crippen molar-refractivity contribution in [3.63, 3.8) is 0 Å². The molecule has 0 fully saturated rings. The number of alkyl halides is 6. The van der Waals surface area contributed by atoms with Crippen LogP contribution in [0.2, 0.25) is 0 Å². The molecule has 14 heteroatoms. The molecule has 198 valence electrons. The number of halogens is 6. The quantitative estimate of drug-likeness (QED) is 0.297. The molecule has 37 heavy (non-hydrogen) atoms. The van der Waals surface area contributed by atoms with Crippen LogP contribution in [0.5, 0.6) is 11.5 Å². The van der Waals surface area contributed by atoms with E-state index in [1.54, 1.807) is 18.2 Å². The summed E-state index contributed by atoms with van der Waals surface area (Å²) in [6.07, 6.45) is -10.2. The molecule has 0 spiro atoms. The van der Waals surface area contributed by atoms with Gasteiger partial charge in [0.1, 0.15) is 0 Å². The van der Waals surface area contributed by atoms with Gasteiger partial charge in [-0.15, -0.1) is 22.0 Å². The lowest BCUT2D eigenvalue weighted by atomic mass is 9.98. The number of para-hydroxylation sites is 1. The molecule has 0 saturated carbocycles. The van der Waals surface area contributed by atoms with Crippen molar-refractivity contribution < 1.29 is 45.3 Å². The Balaban J connectivity index is 2.07. The van der Waals surface area contributed by atoms with Crippen molar-refractivity contribution in [2.24, 2.45) is 0 Å². The Morgan fingerprint density at radius 2 is 1.70 bits per heavy atom. The van der Waals surface area contributed by atoms with Crippen LogP contribution >= 0.6 is 11.8 Å². The third-order valence-corrected chi connectivity index (χ3v) is 7.19. The molecule has 0 unspecified atom stereocenters. The van der Waals surface area contributed by atoms with Crippen LogP contribution in [-0.4, -0.2) is 42.1 Å². The van der Waals surface area contributed by atoms with Crippen LogP contribution in [0.3, 0.4) is 0 Å². The molecule has 7 nitrogen and oxygen atoms in total. The molecule has 3 aromatic rings. The number of carbonyl (C=O) groups excluding carboxylic acids is 1. The topological polar surface area (TPSA) is 75.5 Å². The van der Waals surface area contributed by atoms with Crippen molar-refractivity contribution in [2.75, 3.05) is 21.3 Å². The standard InChI is InChI=1S/C23H19F6N3O4S/c1-34-15-6-4-5-12(18(15)36-3)19-13-9-11(22(24,25)26)7-8-14(13)32-20(16(37-19)10-17(33)35-2)30-31-21(32)23(27,28)29/h4-9,16,19H,10H2,1-3H3/t16-,19-/m1/s1. The van der Waals surface area contributed by atoms with Crippen molar-refractivity contribution >= 4 is 17.7 Å². The van der Waals surface area contributed by atoms with Gasteiger partial charge in [0.2, 0.25) is 5.82 Å². The number of fused-ring (bicyclic) bond motifs is 3. The second-order valence-electron chi connectivity index (χ2n) is 7.85. The summed E-state index contributed by atoms with van der Waals surface area (Å²) < 4.78 is 99.2. The monoisotopic (exact) mass is 547 g/mol. The van der Waals surface area contributed by atoms with Crippen LogP contribution in [0.15, 0.2) is 36.4 Å². The van der Waals surface area contributed by atoms with E-state index in [-0.39, 0.29) is 28.6 Å². The van der Waals surface area contributed by atoms with Crippen LogP contribution < -0.4 is 9.47 Å². The van der Waals surface area contributed by atoms with E-state index < -0.39 is 46.6 Å². The maximum Gasteiger partial charge on any atom is 0.452 e. The largest absolute Gasteiger partial charge is 0.493 e. The summed E-state index contributed by atoms with van der Waals surface area (Å²) in [5.41, 5.74) is -1.05. The highest BCUT2D eigenvalue weighted by atomic mass is 32.2. The van der Waals surface area contributed by atoms with Gasteiger partial charge >= 0.3 is 18.3 Å². The van der Waals surface area contributed by atoms with E-state index in [1.165, 1.54) is 14.2 Å². The predicted molar refractivity (Wildman–Crippen MR) is 120 cm³/mol. The first-order valence-corrected chi connectivity index (χ1v) is 11.5. The minimum Gasteiger partial charge on any atom is -0.493 e. The SMILES string of the molecule is COC(=O)C[C@H]1S[C@H](c2cccc(OC)c2OC)c2cc(C(F)(F)F)ccc2-n2c1nnc2C(F)(F)F. The van der Waals surface area contributed by atoms with Crippen molar-refractivity contribution in [3.05, 3.63) is 64.7 Å². The molecular weight excluding hydrogens is 528 g/mol. The number of methoxy groups -OCH3 is 3. The second-order valence-corrected chi connectivity index (χ2v) is 9.17. The highest BCUT2D eigenvalue weighted by molar-refractivity contribution is 8.00. The molecule has 2 heterocycles. The minimum atomic E-state index is -4.99. The Bertz CT molecular complexity index is 1320. The molecule has 4 rings (SSSR count). The van der Waals surface area contributed by atoms with Crippen molar-refractivity contribution in [1.29, 1.82) is 0 Å². The lowest BCUT2D eigenvalue weighted by Gasteiger charge is -2.24. The summed E-state index contributed by atoms with van der Waals surface area (Å²) >= 11 is 0.932. The molecule has 1 aromatic heterocycles. The molecule has 1 aliphatic heterocycles. The zero-order valence-electron chi connectivity index (χ0n) is 19.5. The Labute approximate surface area is 210 Å². The molecule has 0 saturated heterocycles. The Morgan fingerprint density at radius 1 is 0.973 bits per heavy atom. The molecule has 1 aliphatic rings. The van der Waals surface area contributed by atoms with E-state index in [1.807, 2.05) is 0 Å². The third kappa shape index (κ3) is 4.93. The first kappa shape index (κ1) is 26.6. The van der Waals surface area contributed by atoms with Crippen LogP contribution in [0.4, 0.5) is 26.3 Å². The maximum atomic E-state index is 14.0. The van der Waals surface area contributed by atoms with Gasteiger partial charge in [0.05, 0.1) is 49.5 Å². The van der Waals surface area contributed by atoms with Crippen molar-refractivity contribution in [3.8, 4) is 17.2 Å². The number of benzene rings is 2. The average molecular weight is 547 g/mol. The van der Waals surface area contributed by atoms with Gasteiger partial charge in [-0.05, 0) is 29.8 Å². The van der Waals surface area contributed by atoms with Gasteiger partial charge in [-0.3, -0.25) is 9.36 Å². The predicted octanol–water partition coefficient (Wildman–Crippen LogP) is 5.76. The number of aromatic nitrogens is 3. The summed E-state index contributed by atoms with van der Waals surface area (Å²) in [4.78, 5) is 12.2. The number of hydrogen-bond acceptors (Lipinski definition) is 7. The zero-order valence-corrected chi connectivity index (χ0v) is 20.3. The number of esters is 1. The second kappa shape index (κ2) is 9.80. The van der Waals surface area contributed by atoms with Gasteiger partial charge in [-0.25, -0.2) is 0 Å². The summed E-state index contributed by atoms with van der Waals surface area (Å²) in [5, 5.41) is 4.89. The smallest absolute Gasteiger partial charge is 0.452 e. The molecular formula is C23H19F6N3O4S. The number of nitrogens with zero attached hydrogens (tertiary/aromatic N) is 3. The number of rotatable bonds is 5. The Morgan fingerprint density at radius 3 is 2.30 bits per heavy atom. The van der Waals surface area contributed by atoms with Crippen LogP contribution in [-0.2, 0) is 21.9 Å². The van der Waals surface area contributed by atoms with Crippen LogP contribution in [0.1, 0.15) is 45.3 Å². The third-order valence-electron chi connectivity index (χ3n) is 5.70. The van der Waals surface area contributed by atoms with E-state index in [4.69, 9.17) is 14.2 Å². The van der Waals surface area contributed by atoms with E-state index in [9.17, 15) is 31.1 Å². The van der Waals surface area contributed by atoms with Gasteiger partial charge in [-0.2, -0.15) is 26.3 Å². The first-order chi connectivity index (χ1) is 17.4.